The summed E-state index contributed by atoms with van der Waals surface area (Å²) in [7, 11) is 1.65. The van der Waals surface area contributed by atoms with E-state index in [-0.39, 0.29) is 18.0 Å². The number of para-hydroxylation sites is 1. The quantitative estimate of drug-likeness (QED) is 0.635. The van der Waals surface area contributed by atoms with E-state index in [1.54, 1.807) is 13.2 Å². The molecule has 0 saturated heterocycles. The van der Waals surface area contributed by atoms with E-state index in [1.165, 1.54) is 0 Å². The summed E-state index contributed by atoms with van der Waals surface area (Å²) in [4.78, 5) is 4.95. The monoisotopic (exact) mass is 392 g/mol. The van der Waals surface area contributed by atoms with E-state index in [0.29, 0.717) is 11.4 Å². The lowest BCUT2D eigenvalue weighted by Gasteiger charge is -2.31. The molecule has 0 unspecified atom stereocenters. The molecule has 5 heteroatoms. The van der Waals surface area contributed by atoms with Crippen molar-refractivity contribution < 1.29 is 9.84 Å². The van der Waals surface area contributed by atoms with Gasteiger partial charge in [0, 0.05) is 28.8 Å². The first kappa shape index (κ1) is 18.5. The van der Waals surface area contributed by atoms with E-state index in [2.05, 4.69) is 5.32 Å². The van der Waals surface area contributed by atoms with Gasteiger partial charge >= 0.3 is 0 Å². The van der Waals surface area contributed by atoms with E-state index in [0.717, 1.165) is 28.2 Å². The summed E-state index contributed by atoms with van der Waals surface area (Å²) in [5.74, 6) is 1.09. The minimum atomic E-state index is -0.227. The Bertz CT molecular complexity index is 984. The van der Waals surface area contributed by atoms with Gasteiger partial charge in [-0.15, -0.1) is 0 Å². The van der Waals surface area contributed by atoms with Crippen LogP contribution >= 0.6 is 11.6 Å². The molecule has 4 nitrogen and oxygen atoms in total. The van der Waals surface area contributed by atoms with E-state index in [9.17, 15) is 5.11 Å². The van der Waals surface area contributed by atoms with Crippen LogP contribution in [0, 0.1) is 0 Å². The molecule has 4 rings (SSSR count). The highest BCUT2D eigenvalue weighted by Crippen LogP contribution is 2.34. The van der Waals surface area contributed by atoms with Crippen LogP contribution in [0.3, 0.4) is 0 Å². The van der Waals surface area contributed by atoms with Crippen LogP contribution in [-0.4, -0.2) is 17.9 Å². The van der Waals surface area contributed by atoms with E-state index < -0.39 is 0 Å². The molecule has 0 aliphatic carbocycles. The normalized spacial score (nSPS) is 19.1. The highest BCUT2D eigenvalue weighted by Gasteiger charge is 2.27. The van der Waals surface area contributed by atoms with E-state index >= 15 is 0 Å². The van der Waals surface area contributed by atoms with Crippen molar-refractivity contribution in [3.05, 3.63) is 94.5 Å². The number of phenolic OH excluding ortho intramolecular Hbond substituents is 1. The standard InChI is InChI=1S/C23H21ClN2O2/c1-28-18-12-8-16(9-13-18)23-25-20(15-6-10-17(24)11-7-15)14-21(26-23)19-4-2-3-5-22(19)27/h2-13,21,23,26-27H,14H2,1H3/t21-,23+/m0/s1. The first-order valence-corrected chi connectivity index (χ1v) is 9.52. The van der Waals surface area contributed by atoms with Gasteiger partial charge in [0.1, 0.15) is 17.7 Å². The number of rotatable bonds is 4. The number of benzene rings is 3. The van der Waals surface area contributed by atoms with Gasteiger partial charge in [-0.05, 0) is 41.5 Å². The minimum Gasteiger partial charge on any atom is -0.508 e. The number of methoxy groups -OCH3 is 1. The fourth-order valence-corrected chi connectivity index (χ4v) is 3.59. The van der Waals surface area contributed by atoms with Gasteiger partial charge in [0.05, 0.1) is 7.11 Å². The zero-order chi connectivity index (χ0) is 19.5. The van der Waals surface area contributed by atoms with Crippen molar-refractivity contribution in [3.8, 4) is 11.5 Å². The molecule has 0 spiro atoms. The van der Waals surface area contributed by atoms with Crippen molar-refractivity contribution in [1.82, 2.24) is 5.32 Å². The van der Waals surface area contributed by atoms with E-state index in [4.69, 9.17) is 21.3 Å². The van der Waals surface area contributed by atoms with Crippen molar-refractivity contribution in [1.29, 1.82) is 0 Å². The van der Waals surface area contributed by atoms with Crippen LogP contribution in [-0.2, 0) is 0 Å². The van der Waals surface area contributed by atoms with Gasteiger partial charge in [0.15, 0.2) is 0 Å². The van der Waals surface area contributed by atoms with Crippen molar-refractivity contribution in [2.75, 3.05) is 7.11 Å². The topological polar surface area (TPSA) is 53.9 Å². The molecule has 0 bridgehead atoms. The SMILES string of the molecule is COc1ccc([C@@H]2N=C(c3ccc(Cl)cc3)C[C@@H](c3ccccc3O)N2)cc1. The maximum atomic E-state index is 10.4. The average Bonchev–Trinajstić information content (AvgIpc) is 2.74. The molecular formula is C23H21ClN2O2. The number of aliphatic imine (C=N–C) groups is 1. The Balaban J connectivity index is 1.73. The first-order chi connectivity index (χ1) is 13.6. The molecule has 0 radical (unpaired) electrons. The van der Waals surface area contributed by atoms with Gasteiger partial charge in [-0.3, -0.25) is 10.3 Å². The Hall–Kier alpha value is -2.82. The zero-order valence-electron chi connectivity index (χ0n) is 15.5. The lowest BCUT2D eigenvalue weighted by molar-refractivity contribution is 0.408. The van der Waals surface area contributed by atoms with Crippen LogP contribution in [0.25, 0.3) is 0 Å². The third-order valence-electron chi connectivity index (χ3n) is 4.96. The summed E-state index contributed by atoms with van der Waals surface area (Å²) in [5, 5.41) is 14.6. The molecule has 0 saturated carbocycles. The smallest absolute Gasteiger partial charge is 0.126 e. The molecule has 0 amide bonds. The molecule has 3 aromatic carbocycles. The Morgan fingerprint density at radius 2 is 1.71 bits per heavy atom. The predicted octanol–water partition coefficient (Wildman–Crippen LogP) is 5.28. The molecule has 1 aliphatic heterocycles. The fourth-order valence-electron chi connectivity index (χ4n) is 3.46. The Labute approximate surface area is 169 Å². The maximum Gasteiger partial charge on any atom is 0.126 e. The zero-order valence-corrected chi connectivity index (χ0v) is 16.2. The lowest BCUT2D eigenvalue weighted by atomic mass is 9.93. The van der Waals surface area contributed by atoms with Crippen LogP contribution in [0.1, 0.15) is 35.3 Å². The average molecular weight is 393 g/mol. The first-order valence-electron chi connectivity index (χ1n) is 9.14. The molecule has 28 heavy (non-hydrogen) atoms. The van der Waals surface area contributed by atoms with Crippen molar-refractivity contribution >= 4 is 17.3 Å². The molecule has 1 heterocycles. The third-order valence-corrected chi connectivity index (χ3v) is 5.21. The molecule has 1 aliphatic rings. The van der Waals surface area contributed by atoms with Crippen LogP contribution in [0.4, 0.5) is 0 Å². The molecule has 142 valence electrons. The summed E-state index contributed by atoms with van der Waals surface area (Å²) in [6.07, 6.45) is 0.446. The van der Waals surface area contributed by atoms with Crippen LogP contribution < -0.4 is 10.1 Å². The number of nitrogens with zero attached hydrogens (tertiary/aromatic N) is 1. The van der Waals surface area contributed by atoms with Gasteiger partial charge < -0.3 is 9.84 Å². The summed E-state index contributed by atoms with van der Waals surface area (Å²) in [6.45, 7) is 0. The second-order valence-corrected chi connectivity index (χ2v) is 7.18. The molecule has 2 atom stereocenters. The summed E-state index contributed by atoms with van der Waals surface area (Å²) < 4.78 is 5.26. The fraction of sp³-hybridized carbons (Fsp3) is 0.174. The number of halogens is 1. The van der Waals surface area contributed by atoms with Gasteiger partial charge in [0.25, 0.3) is 0 Å². The largest absolute Gasteiger partial charge is 0.508 e. The molecule has 2 N–H and O–H groups in total. The van der Waals surface area contributed by atoms with Crippen LogP contribution in [0.5, 0.6) is 11.5 Å². The summed E-state index contributed by atoms with van der Waals surface area (Å²) in [5.41, 5.74) is 3.91. The minimum absolute atomic E-state index is 0.0588. The molecule has 0 aromatic heterocycles. The number of ether oxygens (including phenoxy) is 1. The number of nitrogens with one attached hydrogen (secondary N) is 1. The maximum absolute atomic E-state index is 10.4. The number of phenols is 1. The summed E-state index contributed by atoms with van der Waals surface area (Å²) in [6, 6.07) is 23.0. The van der Waals surface area contributed by atoms with Crippen LogP contribution in [0.15, 0.2) is 77.8 Å². The van der Waals surface area contributed by atoms with Crippen molar-refractivity contribution in [2.24, 2.45) is 4.99 Å². The van der Waals surface area contributed by atoms with Crippen molar-refractivity contribution in [2.45, 2.75) is 18.6 Å². The number of hydrogen-bond donors (Lipinski definition) is 2. The summed E-state index contributed by atoms with van der Waals surface area (Å²) >= 11 is 6.05. The van der Waals surface area contributed by atoms with Gasteiger partial charge in [-0.1, -0.05) is 54.1 Å². The highest BCUT2D eigenvalue weighted by molar-refractivity contribution is 6.30. The third kappa shape index (κ3) is 3.88. The molecule has 0 fully saturated rings. The molecular weight excluding hydrogens is 372 g/mol. The van der Waals surface area contributed by atoms with E-state index in [1.807, 2.05) is 66.7 Å². The lowest BCUT2D eigenvalue weighted by Crippen LogP contribution is -2.33. The Morgan fingerprint density at radius 3 is 2.39 bits per heavy atom. The number of aromatic hydroxyl groups is 1. The van der Waals surface area contributed by atoms with Gasteiger partial charge in [-0.2, -0.15) is 0 Å². The van der Waals surface area contributed by atoms with Crippen LogP contribution in [0.2, 0.25) is 5.02 Å². The Morgan fingerprint density at radius 1 is 1.00 bits per heavy atom. The predicted molar refractivity (Wildman–Crippen MR) is 112 cm³/mol. The van der Waals surface area contributed by atoms with Gasteiger partial charge in [-0.25, -0.2) is 0 Å². The second kappa shape index (κ2) is 8.05. The highest BCUT2D eigenvalue weighted by atomic mass is 35.5. The van der Waals surface area contributed by atoms with Crippen molar-refractivity contribution in [3.63, 3.8) is 0 Å². The second-order valence-electron chi connectivity index (χ2n) is 6.74. The number of hydrogen-bond acceptors (Lipinski definition) is 4. The Kier molecular flexibility index (Phi) is 5.33. The molecule has 3 aromatic rings. The van der Waals surface area contributed by atoms with Gasteiger partial charge in [0.2, 0.25) is 0 Å².